The van der Waals surface area contributed by atoms with Gasteiger partial charge in [-0.3, -0.25) is 0 Å². The van der Waals surface area contributed by atoms with E-state index in [1.807, 2.05) is 0 Å². The monoisotopic (exact) mass is 226 g/mol. The van der Waals surface area contributed by atoms with Crippen LogP contribution in [0.1, 0.15) is 0 Å². The highest BCUT2D eigenvalue weighted by Crippen LogP contribution is 2.20. The molecule has 1 aromatic carbocycles. The van der Waals surface area contributed by atoms with Crippen LogP contribution in [0.15, 0.2) is 30.6 Å². The summed E-state index contributed by atoms with van der Waals surface area (Å²) in [4.78, 5) is 7.59. The van der Waals surface area contributed by atoms with E-state index in [0.717, 1.165) is 12.1 Å². The fourth-order valence-electron chi connectivity index (χ4n) is 1.15. The fraction of sp³-hybridized carbons (Fsp3) is 0. The predicted molar refractivity (Wildman–Crippen MR) is 52.4 cm³/mol. The Morgan fingerprint density at radius 3 is 2.47 bits per heavy atom. The zero-order valence-corrected chi connectivity index (χ0v) is 8.17. The van der Waals surface area contributed by atoms with E-state index >= 15 is 0 Å². The minimum absolute atomic E-state index is 0.254. The second-order valence-electron chi connectivity index (χ2n) is 2.85. The van der Waals surface area contributed by atoms with Crippen LogP contribution in [0.5, 0.6) is 0 Å². The second kappa shape index (κ2) is 3.90. The smallest absolute Gasteiger partial charge is 0.159 e. The standard InChI is InChI=1S/C10H5ClF2N2/c11-10-4-9(14-5-15-10)6-1-2-7(12)8(13)3-6/h1-5H. The molecule has 2 aromatic rings. The van der Waals surface area contributed by atoms with Gasteiger partial charge in [-0.2, -0.15) is 0 Å². The van der Waals surface area contributed by atoms with Crippen LogP contribution in [0.3, 0.4) is 0 Å². The minimum atomic E-state index is -0.915. The maximum absolute atomic E-state index is 12.9. The van der Waals surface area contributed by atoms with Crippen molar-refractivity contribution >= 4 is 11.6 Å². The lowest BCUT2D eigenvalue weighted by Gasteiger charge is -2.01. The topological polar surface area (TPSA) is 25.8 Å². The van der Waals surface area contributed by atoms with E-state index in [9.17, 15) is 8.78 Å². The van der Waals surface area contributed by atoms with Crippen LogP contribution in [0.2, 0.25) is 5.15 Å². The van der Waals surface area contributed by atoms with E-state index in [0.29, 0.717) is 11.3 Å². The number of benzene rings is 1. The Balaban J connectivity index is 2.50. The molecule has 0 bridgehead atoms. The van der Waals surface area contributed by atoms with Crippen molar-refractivity contribution in [2.45, 2.75) is 0 Å². The van der Waals surface area contributed by atoms with E-state index in [-0.39, 0.29) is 5.15 Å². The van der Waals surface area contributed by atoms with Crippen molar-refractivity contribution < 1.29 is 8.78 Å². The lowest BCUT2D eigenvalue weighted by atomic mass is 10.1. The largest absolute Gasteiger partial charge is 0.236 e. The van der Waals surface area contributed by atoms with Gasteiger partial charge in [0.1, 0.15) is 11.5 Å². The third-order valence-corrected chi connectivity index (χ3v) is 2.06. The van der Waals surface area contributed by atoms with E-state index in [2.05, 4.69) is 9.97 Å². The molecule has 0 aliphatic carbocycles. The van der Waals surface area contributed by atoms with Crippen molar-refractivity contribution in [3.8, 4) is 11.3 Å². The van der Waals surface area contributed by atoms with Crippen LogP contribution in [0, 0.1) is 11.6 Å². The molecule has 2 nitrogen and oxygen atoms in total. The van der Waals surface area contributed by atoms with Gasteiger partial charge in [-0.25, -0.2) is 18.7 Å². The van der Waals surface area contributed by atoms with Crippen molar-refractivity contribution in [1.82, 2.24) is 9.97 Å². The molecule has 5 heteroatoms. The van der Waals surface area contributed by atoms with Crippen molar-refractivity contribution in [1.29, 1.82) is 0 Å². The number of halogens is 3. The maximum Gasteiger partial charge on any atom is 0.159 e. The van der Waals surface area contributed by atoms with E-state index in [1.54, 1.807) is 0 Å². The van der Waals surface area contributed by atoms with Gasteiger partial charge in [-0.05, 0) is 18.2 Å². The van der Waals surface area contributed by atoms with E-state index in [1.165, 1.54) is 18.5 Å². The van der Waals surface area contributed by atoms with Crippen LogP contribution in [-0.2, 0) is 0 Å². The molecular weight excluding hydrogens is 222 g/mol. The average molecular weight is 227 g/mol. The minimum Gasteiger partial charge on any atom is -0.236 e. The zero-order valence-electron chi connectivity index (χ0n) is 7.42. The molecule has 0 saturated carbocycles. The normalized spacial score (nSPS) is 10.3. The molecule has 15 heavy (non-hydrogen) atoms. The first-order chi connectivity index (χ1) is 7.16. The first-order valence-electron chi connectivity index (χ1n) is 4.10. The summed E-state index contributed by atoms with van der Waals surface area (Å²) in [5.74, 6) is -1.80. The summed E-state index contributed by atoms with van der Waals surface area (Å²) in [5, 5.41) is 0.254. The SMILES string of the molecule is Fc1ccc(-c2cc(Cl)ncn2)cc1F. The molecular formula is C10H5ClF2N2. The van der Waals surface area contributed by atoms with Gasteiger partial charge >= 0.3 is 0 Å². The molecule has 0 amide bonds. The number of nitrogens with zero attached hydrogens (tertiary/aromatic N) is 2. The van der Waals surface area contributed by atoms with Gasteiger partial charge in [0.25, 0.3) is 0 Å². The van der Waals surface area contributed by atoms with Gasteiger partial charge < -0.3 is 0 Å². The quantitative estimate of drug-likeness (QED) is 0.699. The molecule has 76 valence electrons. The Morgan fingerprint density at radius 1 is 1.00 bits per heavy atom. The van der Waals surface area contributed by atoms with Crippen molar-refractivity contribution in [3.63, 3.8) is 0 Å². The van der Waals surface area contributed by atoms with E-state index < -0.39 is 11.6 Å². The summed E-state index contributed by atoms with van der Waals surface area (Å²) in [6.07, 6.45) is 1.26. The lowest BCUT2D eigenvalue weighted by Crippen LogP contribution is -1.88. The van der Waals surface area contributed by atoms with Crippen molar-refractivity contribution in [2.75, 3.05) is 0 Å². The Labute approximate surface area is 89.6 Å². The highest BCUT2D eigenvalue weighted by atomic mass is 35.5. The number of aromatic nitrogens is 2. The highest BCUT2D eigenvalue weighted by Gasteiger charge is 2.05. The molecule has 0 N–H and O–H groups in total. The van der Waals surface area contributed by atoms with Gasteiger partial charge in [-0.15, -0.1) is 0 Å². The van der Waals surface area contributed by atoms with Gasteiger partial charge in [0.2, 0.25) is 0 Å². The predicted octanol–water partition coefficient (Wildman–Crippen LogP) is 3.08. The van der Waals surface area contributed by atoms with Crippen LogP contribution in [-0.4, -0.2) is 9.97 Å². The van der Waals surface area contributed by atoms with Crippen LogP contribution in [0.4, 0.5) is 8.78 Å². The van der Waals surface area contributed by atoms with Crippen LogP contribution >= 0.6 is 11.6 Å². The first kappa shape index (κ1) is 9.98. The lowest BCUT2D eigenvalue weighted by molar-refractivity contribution is 0.509. The van der Waals surface area contributed by atoms with Crippen LogP contribution in [0.25, 0.3) is 11.3 Å². The second-order valence-corrected chi connectivity index (χ2v) is 3.24. The molecule has 0 radical (unpaired) electrons. The zero-order chi connectivity index (χ0) is 10.8. The van der Waals surface area contributed by atoms with Gasteiger partial charge in [0.05, 0.1) is 5.69 Å². The molecule has 0 aliphatic rings. The highest BCUT2D eigenvalue weighted by molar-refractivity contribution is 6.29. The van der Waals surface area contributed by atoms with Gasteiger partial charge in [-0.1, -0.05) is 11.6 Å². The van der Waals surface area contributed by atoms with Gasteiger partial charge in [0.15, 0.2) is 11.6 Å². The number of hydrogen-bond donors (Lipinski definition) is 0. The number of hydrogen-bond acceptors (Lipinski definition) is 2. The van der Waals surface area contributed by atoms with Crippen molar-refractivity contribution in [2.24, 2.45) is 0 Å². The van der Waals surface area contributed by atoms with Crippen molar-refractivity contribution in [3.05, 3.63) is 47.4 Å². The molecule has 1 heterocycles. The average Bonchev–Trinajstić information content (AvgIpc) is 2.22. The molecule has 0 unspecified atom stereocenters. The molecule has 2 rings (SSSR count). The molecule has 0 atom stereocenters. The Kier molecular flexibility index (Phi) is 2.60. The van der Waals surface area contributed by atoms with E-state index in [4.69, 9.17) is 11.6 Å². The Hall–Kier alpha value is -1.55. The summed E-state index contributed by atoms with van der Waals surface area (Å²) in [6, 6.07) is 5.01. The summed E-state index contributed by atoms with van der Waals surface area (Å²) < 4.78 is 25.6. The summed E-state index contributed by atoms with van der Waals surface area (Å²) in [7, 11) is 0. The molecule has 0 spiro atoms. The maximum atomic E-state index is 12.9. The molecule has 1 aromatic heterocycles. The number of rotatable bonds is 1. The molecule has 0 aliphatic heterocycles. The van der Waals surface area contributed by atoms with Crippen LogP contribution < -0.4 is 0 Å². The summed E-state index contributed by atoms with van der Waals surface area (Å²) >= 11 is 5.65. The fourth-order valence-corrected chi connectivity index (χ4v) is 1.29. The summed E-state index contributed by atoms with van der Waals surface area (Å²) in [5.41, 5.74) is 0.909. The Morgan fingerprint density at radius 2 is 1.80 bits per heavy atom. The third-order valence-electron chi connectivity index (χ3n) is 1.85. The van der Waals surface area contributed by atoms with Gasteiger partial charge in [0, 0.05) is 11.6 Å². The third kappa shape index (κ3) is 2.10. The first-order valence-corrected chi connectivity index (χ1v) is 4.47. The molecule has 0 saturated heterocycles. The molecule has 0 fully saturated rings. The Bertz CT molecular complexity index is 503. The summed E-state index contributed by atoms with van der Waals surface area (Å²) in [6.45, 7) is 0.